The SMILES string of the molecule is COCC(C)OCC(O)CSC[C@@H](N)C(=O)O. The lowest BCUT2D eigenvalue weighted by Gasteiger charge is -2.16. The molecule has 0 amide bonds. The summed E-state index contributed by atoms with van der Waals surface area (Å²) in [6.45, 7) is 2.54. The van der Waals surface area contributed by atoms with Crippen LogP contribution in [0.1, 0.15) is 6.92 Å². The number of aliphatic carboxylic acids is 1. The van der Waals surface area contributed by atoms with Crippen molar-refractivity contribution in [1.82, 2.24) is 0 Å². The molecule has 4 N–H and O–H groups in total. The lowest BCUT2D eigenvalue weighted by atomic mass is 10.4. The molecule has 0 aromatic carbocycles. The van der Waals surface area contributed by atoms with Crippen LogP contribution in [-0.4, -0.2) is 66.3 Å². The Morgan fingerprint density at radius 2 is 2.06 bits per heavy atom. The van der Waals surface area contributed by atoms with Crippen molar-refractivity contribution in [1.29, 1.82) is 0 Å². The highest BCUT2D eigenvalue weighted by molar-refractivity contribution is 7.99. The molecule has 0 spiro atoms. The number of thioether (sulfide) groups is 1. The Bertz CT molecular complexity index is 217. The van der Waals surface area contributed by atoms with Crippen LogP contribution < -0.4 is 5.73 Å². The Morgan fingerprint density at radius 3 is 2.59 bits per heavy atom. The minimum absolute atomic E-state index is 0.0686. The Balaban J connectivity index is 3.52. The van der Waals surface area contributed by atoms with E-state index in [-0.39, 0.29) is 18.5 Å². The number of methoxy groups -OCH3 is 1. The van der Waals surface area contributed by atoms with E-state index in [1.165, 1.54) is 11.8 Å². The molecule has 2 unspecified atom stereocenters. The van der Waals surface area contributed by atoms with Crippen molar-refractivity contribution in [3.05, 3.63) is 0 Å². The first-order valence-electron chi connectivity index (χ1n) is 5.32. The first-order valence-corrected chi connectivity index (χ1v) is 6.47. The lowest BCUT2D eigenvalue weighted by molar-refractivity contribution is -0.137. The first kappa shape index (κ1) is 16.7. The molecular formula is C10H21NO5S. The van der Waals surface area contributed by atoms with Crippen LogP contribution in [0.3, 0.4) is 0 Å². The molecule has 0 aromatic heterocycles. The summed E-state index contributed by atoms with van der Waals surface area (Å²) >= 11 is 1.30. The van der Waals surface area contributed by atoms with E-state index in [2.05, 4.69) is 0 Å². The van der Waals surface area contributed by atoms with Crippen molar-refractivity contribution < 1.29 is 24.5 Å². The van der Waals surface area contributed by atoms with E-state index in [0.29, 0.717) is 12.4 Å². The van der Waals surface area contributed by atoms with E-state index in [4.69, 9.17) is 20.3 Å². The second kappa shape index (κ2) is 9.67. The molecule has 0 fully saturated rings. The summed E-state index contributed by atoms with van der Waals surface area (Å²) in [5, 5.41) is 18.1. The van der Waals surface area contributed by atoms with Gasteiger partial charge < -0.3 is 25.4 Å². The molecule has 0 radical (unpaired) electrons. The maximum Gasteiger partial charge on any atom is 0.321 e. The van der Waals surface area contributed by atoms with Crippen molar-refractivity contribution >= 4 is 17.7 Å². The minimum Gasteiger partial charge on any atom is -0.480 e. The van der Waals surface area contributed by atoms with Gasteiger partial charge in [-0.15, -0.1) is 0 Å². The van der Waals surface area contributed by atoms with Crippen LogP contribution in [0, 0.1) is 0 Å². The van der Waals surface area contributed by atoms with E-state index in [9.17, 15) is 9.90 Å². The van der Waals surface area contributed by atoms with Crippen LogP contribution in [0.25, 0.3) is 0 Å². The summed E-state index contributed by atoms with van der Waals surface area (Å²) in [5.74, 6) is -0.349. The fourth-order valence-corrected chi connectivity index (χ4v) is 1.91. The van der Waals surface area contributed by atoms with E-state index in [1.54, 1.807) is 7.11 Å². The summed E-state index contributed by atoms with van der Waals surface area (Å²) in [7, 11) is 1.58. The van der Waals surface area contributed by atoms with Crippen molar-refractivity contribution in [2.45, 2.75) is 25.2 Å². The highest BCUT2D eigenvalue weighted by Crippen LogP contribution is 2.06. The van der Waals surface area contributed by atoms with Gasteiger partial charge in [0.15, 0.2) is 0 Å². The average molecular weight is 267 g/mol. The van der Waals surface area contributed by atoms with Gasteiger partial charge in [0.2, 0.25) is 0 Å². The molecule has 0 aliphatic carbocycles. The maximum atomic E-state index is 10.4. The molecule has 6 nitrogen and oxygen atoms in total. The van der Waals surface area contributed by atoms with Crippen molar-refractivity contribution in [2.75, 3.05) is 31.8 Å². The fraction of sp³-hybridized carbons (Fsp3) is 0.900. The zero-order valence-corrected chi connectivity index (χ0v) is 11.0. The number of ether oxygens (including phenoxy) is 2. The van der Waals surface area contributed by atoms with Gasteiger partial charge in [0.25, 0.3) is 0 Å². The molecule has 0 aromatic rings. The smallest absolute Gasteiger partial charge is 0.321 e. The van der Waals surface area contributed by atoms with Crippen LogP contribution >= 0.6 is 11.8 Å². The predicted molar refractivity (Wildman–Crippen MR) is 66.2 cm³/mol. The normalized spacial score (nSPS) is 16.5. The number of hydrogen-bond donors (Lipinski definition) is 3. The number of aliphatic hydroxyl groups is 1. The monoisotopic (exact) mass is 267 g/mol. The molecule has 0 saturated heterocycles. The third-order valence-electron chi connectivity index (χ3n) is 1.90. The highest BCUT2D eigenvalue weighted by Gasteiger charge is 2.13. The number of carboxylic acid groups (broad SMARTS) is 1. The van der Waals surface area contributed by atoms with Crippen LogP contribution in [0.2, 0.25) is 0 Å². The van der Waals surface area contributed by atoms with Crippen LogP contribution in [0.4, 0.5) is 0 Å². The molecule has 0 rings (SSSR count). The topological polar surface area (TPSA) is 102 Å². The van der Waals surface area contributed by atoms with E-state index in [1.807, 2.05) is 6.92 Å². The molecule has 17 heavy (non-hydrogen) atoms. The Hall–Kier alpha value is -0.340. The summed E-state index contributed by atoms with van der Waals surface area (Å²) in [4.78, 5) is 10.4. The zero-order valence-electron chi connectivity index (χ0n) is 10.2. The Kier molecular flexibility index (Phi) is 9.47. The lowest BCUT2D eigenvalue weighted by Crippen LogP contribution is -2.33. The number of carboxylic acids is 1. The van der Waals surface area contributed by atoms with E-state index < -0.39 is 18.1 Å². The van der Waals surface area contributed by atoms with Crippen LogP contribution in [-0.2, 0) is 14.3 Å². The third kappa shape index (κ3) is 9.37. The molecule has 0 heterocycles. The molecule has 0 aliphatic rings. The van der Waals surface area contributed by atoms with Gasteiger partial charge in [0, 0.05) is 18.6 Å². The van der Waals surface area contributed by atoms with Gasteiger partial charge in [-0.3, -0.25) is 4.79 Å². The van der Waals surface area contributed by atoms with E-state index in [0.717, 1.165) is 0 Å². The van der Waals surface area contributed by atoms with Gasteiger partial charge in [-0.2, -0.15) is 11.8 Å². The highest BCUT2D eigenvalue weighted by atomic mass is 32.2. The van der Waals surface area contributed by atoms with Gasteiger partial charge >= 0.3 is 5.97 Å². The molecule has 7 heteroatoms. The number of carbonyl (C=O) groups is 1. The van der Waals surface area contributed by atoms with Crippen LogP contribution in [0.15, 0.2) is 0 Å². The molecular weight excluding hydrogens is 246 g/mol. The van der Waals surface area contributed by atoms with Gasteiger partial charge in [-0.25, -0.2) is 0 Å². The average Bonchev–Trinajstić information content (AvgIpc) is 2.26. The first-order chi connectivity index (χ1) is 7.97. The van der Waals surface area contributed by atoms with Gasteiger partial charge in [-0.05, 0) is 6.92 Å². The minimum atomic E-state index is -1.03. The maximum absolute atomic E-state index is 10.4. The van der Waals surface area contributed by atoms with Crippen molar-refractivity contribution in [2.24, 2.45) is 5.73 Å². The number of rotatable bonds is 10. The molecule has 0 bridgehead atoms. The van der Waals surface area contributed by atoms with E-state index >= 15 is 0 Å². The van der Waals surface area contributed by atoms with Gasteiger partial charge in [-0.1, -0.05) is 0 Å². The van der Waals surface area contributed by atoms with Crippen LogP contribution in [0.5, 0.6) is 0 Å². The summed E-state index contributed by atoms with van der Waals surface area (Å²) < 4.78 is 10.2. The summed E-state index contributed by atoms with van der Waals surface area (Å²) in [6, 6.07) is -0.888. The number of nitrogens with two attached hydrogens (primary N) is 1. The van der Waals surface area contributed by atoms with Gasteiger partial charge in [0.05, 0.1) is 25.4 Å². The van der Waals surface area contributed by atoms with Crippen molar-refractivity contribution in [3.8, 4) is 0 Å². The Morgan fingerprint density at radius 1 is 1.41 bits per heavy atom. The fourth-order valence-electron chi connectivity index (χ4n) is 1.01. The zero-order chi connectivity index (χ0) is 13.3. The molecule has 102 valence electrons. The quantitative estimate of drug-likeness (QED) is 0.492. The second-order valence-electron chi connectivity index (χ2n) is 3.74. The number of hydrogen-bond acceptors (Lipinski definition) is 6. The third-order valence-corrected chi connectivity index (χ3v) is 3.11. The largest absolute Gasteiger partial charge is 0.480 e. The van der Waals surface area contributed by atoms with Crippen molar-refractivity contribution in [3.63, 3.8) is 0 Å². The molecule has 0 saturated carbocycles. The summed E-state index contributed by atoms with van der Waals surface area (Å²) in [6.07, 6.45) is -0.693. The predicted octanol–water partition coefficient (Wildman–Crippen LogP) is -0.456. The standard InChI is InChI=1S/C10H21NO5S/c1-7(3-15-2)16-4-8(12)5-17-6-9(11)10(13)14/h7-9,12H,3-6,11H2,1-2H3,(H,13,14)/t7?,8?,9-/m1/s1. The second-order valence-corrected chi connectivity index (χ2v) is 4.81. The molecule has 0 aliphatic heterocycles. The Labute approximate surface area is 105 Å². The van der Waals surface area contributed by atoms with Gasteiger partial charge in [0.1, 0.15) is 6.04 Å². The number of aliphatic hydroxyl groups excluding tert-OH is 1. The molecule has 3 atom stereocenters. The summed E-state index contributed by atoms with van der Waals surface area (Å²) in [5.41, 5.74) is 5.31.